The van der Waals surface area contributed by atoms with Crippen molar-refractivity contribution in [2.24, 2.45) is 5.73 Å². The van der Waals surface area contributed by atoms with Gasteiger partial charge in [-0.2, -0.15) is 13.2 Å². The molecule has 15 heavy (non-hydrogen) atoms. The number of halogens is 4. The third-order valence-corrected chi connectivity index (χ3v) is 2.56. The summed E-state index contributed by atoms with van der Waals surface area (Å²) in [6, 6.07) is 4.72. The Bertz CT molecular complexity index is 329. The molecular weight excluding hydrogens is 271 g/mol. The van der Waals surface area contributed by atoms with E-state index in [-0.39, 0.29) is 5.56 Å². The first-order valence-electron chi connectivity index (χ1n) is 4.38. The average Bonchev–Trinajstić information content (AvgIpc) is 1.99. The lowest BCUT2D eigenvalue weighted by atomic mass is 9.97. The van der Waals surface area contributed by atoms with Gasteiger partial charge in [0.05, 0.1) is 5.92 Å². The summed E-state index contributed by atoms with van der Waals surface area (Å²) < 4.78 is 38.4. The van der Waals surface area contributed by atoms with Crippen molar-refractivity contribution in [1.29, 1.82) is 0 Å². The van der Waals surface area contributed by atoms with Gasteiger partial charge >= 0.3 is 6.18 Å². The van der Waals surface area contributed by atoms with Crippen molar-refractivity contribution in [2.45, 2.75) is 19.0 Å². The van der Waals surface area contributed by atoms with Gasteiger partial charge in [-0.1, -0.05) is 22.0 Å². The fraction of sp³-hybridized carbons (Fsp3) is 0.400. The van der Waals surface area contributed by atoms with Gasteiger partial charge in [0.25, 0.3) is 0 Å². The molecule has 0 saturated carbocycles. The predicted molar refractivity (Wildman–Crippen MR) is 56.7 cm³/mol. The molecule has 1 aromatic rings. The van der Waals surface area contributed by atoms with Gasteiger partial charge in [0, 0.05) is 11.0 Å². The summed E-state index contributed by atoms with van der Waals surface area (Å²) >= 11 is 3.17. The summed E-state index contributed by atoms with van der Waals surface area (Å²) in [5.74, 6) is -1.59. The van der Waals surface area contributed by atoms with Crippen LogP contribution in [-0.2, 0) is 0 Å². The molecule has 84 valence electrons. The molecule has 0 saturated heterocycles. The van der Waals surface area contributed by atoms with E-state index < -0.39 is 18.6 Å². The fourth-order valence-electron chi connectivity index (χ4n) is 1.42. The number of benzene rings is 1. The smallest absolute Gasteiger partial charge is 0.330 e. The highest BCUT2D eigenvalue weighted by molar-refractivity contribution is 9.10. The molecule has 0 aromatic heterocycles. The highest BCUT2D eigenvalue weighted by atomic mass is 79.9. The molecule has 0 radical (unpaired) electrons. The van der Waals surface area contributed by atoms with Crippen molar-refractivity contribution >= 4 is 15.9 Å². The molecule has 0 bridgehead atoms. The van der Waals surface area contributed by atoms with Crippen LogP contribution in [0.5, 0.6) is 0 Å². The van der Waals surface area contributed by atoms with Crippen LogP contribution in [0.15, 0.2) is 22.7 Å². The molecule has 2 N–H and O–H groups in total. The van der Waals surface area contributed by atoms with E-state index >= 15 is 0 Å². The van der Waals surface area contributed by atoms with Crippen LogP contribution in [0.4, 0.5) is 13.2 Å². The van der Waals surface area contributed by atoms with Crippen molar-refractivity contribution in [3.05, 3.63) is 33.8 Å². The van der Waals surface area contributed by atoms with Gasteiger partial charge in [0.1, 0.15) is 0 Å². The van der Waals surface area contributed by atoms with Crippen LogP contribution in [0.25, 0.3) is 0 Å². The molecule has 1 aromatic carbocycles. The zero-order valence-corrected chi connectivity index (χ0v) is 9.69. The first-order valence-corrected chi connectivity index (χ1v) is 5.17. The molecule has 0 heterocycles. The van der Waals surface area contributed by atoms with Gasteiger partial charge in [0.2, 0.25) is 0 Å². The molecule has 0 spiro atoms. The van der Waals surface area contributed by atoms with E-state index in [0.717, 1.165) is 5.56 Å². The summed E-state index contributed by atoms with van der Waals surface area (Å²) in [5.41, 5.74) is 6.14. The number of rotatable bonds is 2. The molecule has 1 atom stereocenters. The van der Waals surface area contributed by atoms with Crippen molar-refractivity contribution < 1.29 is 13.2 Å². The van der Waals surface area contributed by atoms with Crippen LogP contribution in [0.1, 0.15) is 17.0 Å². The second-order valence-corrected chi connectivity index (χ2v) is 4.31. The third kappa shape index (κ3) is 3.21. The lowest BCUT2D eigenvalue weighted by Crippen LogP contribution is -2.28. The Kier molecular flexibility index (Phi) is 3.78. The Labute approximate surface area is 94.6 Å². The topological polar surface area (TPSA) is 26.0 Å². The van der Waals surface area contributed by atoms with Gasteiger partial charge in [-0.3, -0.25) is 0 Å². The third-order valence-electron chi connectivity index (χ3n) is 2.10. The number of aryl methyl sites for hydroxylation is 1. The number of alkyl halides is 3. The Balaban J connectivity index is 3.13. The number of hydrogen-bond acceptors (Lipinski definition) is 1. The van der Waals surface area contributed by atoms with Crippen LogP contribution < -0.4 is 5.73 Å². The molecular formula is C10H11BrF3N. The normalized spacial score (nSPS) is 14.0. The van der Waals surface area contributed by atoms with Gasteiger partial charge < -0.3 is 5.73 Å². The predicted octanol–water partition coefficient (Wildman–Crippen LogP) is 3.36. The van der Waals surface area contributed by atoms with Crippen LogP contribution in [0.3, 0.4) is 0 Å². The van der Waals surface area contributed by atoms with Crippen molar-refractivity contribution in [3.8, 4) is 0 Å². The van der Waals surface area contributed by atoms with E-state index in [9.17, 15) is 13.2 Å². The first-order chi connectivity index (χ1) is 6.84. The van der Waals surface area contributed by atoms with E-state index in [0.29, 0.717) is 4.47 Å². The molecule has 1 unspecified atom stereocenters. The summed E-state index contributed by atoms with van der Waals surface area (Å²) in [7, 11) is 0. The molecule has 0 amide bonds. The highest BCUT2D eigenvalue weighted by Gasteiger charge is 2.39. The van der Waals surface area contributed by atoms with Crippen LogP contribution in [0.2, 0.25) is 0 Å². The van der Waals surface area contributed by atoms with E-state index in [4.69, 9.17) is 5.73 Å². The second-order valence-electron chi connectivity index (χ2n) is 3.39. The summed E-state index contributed by atoms with van der Waals surface area (Å²) in [5, 5.41) is 0. The average molecular weight is 282 g/mol. The molecule has 1 rings (SSSR count). The maximum absolute atomic E-state index is 12.6. The van der Waals surface area contributed by atoms with Gasteiger partial charge in [-0.25, -0.2) is 0 Å². The zero-order valence-electron chi connectivity index (χ0n) is 8.11. The summed E-state index contributed by atoms with van der Waals surface area (Å²) in [4.78, 5) is 0. The SMILES string of the molecule is Cc1cc(Br)cc(C(CN)C(F)(F)F)c1. The van der Waals surface area contributed by atoms with Gasteiger partial charge in [-0.05, 0) is 30.2 Å². The molecule has 0 aliphatic carbocycles. The molecule has 1 nitrogen and oxygen atoms in total. The fourth-order valence-corrected chi connectivity index (χ4v) is 2.05. The highest BCUT2D eigenvalue weighted by Crippen LogP contribution is 2.35. The molecule has 0 aliphatic rings. The number of hydrogen-bond donors (Lipinski definition) is 1. The first kappa shape index (κ1) is 12.5. The van der Waals surface area contributed by atoms with Crippen molar-refractivity contribution in [1.82, 2.24) is 0 Å². The lowest BCUT2D eigenvalue weighted by molar-refractivity contribution is -0.148. The van der Waals surface area contributed by atoms with Gasteiger partial charge in [0.15, 0.2) is 0 Å². The number of nitrogens with two attached hydrogens (primary N) is 1. The van der Waals surface area contributed by atoms with Crippen molar-refractivity contribution in [3.63, 3.8) is 0 Å². The minimum absolute atomic E-state index is 0.205. The van der Waals surface area contributed by atoms with Crippen LogP contribution >= 0.6 is 15.9 Å². The zero-order chi connectivity index (χ0) is 11.6. The van der Waals surface area contributed by atoms with E-state index in [2.05, 4.69) is 15.9 Å². The Hall–Kier alpha value is -0.550. The largest absolute Gasteiger partial charge is 0.396 e. The van der Waals surface area contributed by atoms with Gasteiger partial charge in [-0.15, -0.1) is 0 Å². The minimum Gasteiger partial charge on any atom is -0.330 e. The van der Waals surface area contributed by atoms with Crippen LogP contribution in [0, 0.1) is 6.92 Å². The van der Waals surface area contributed by atoms with E-state index in [1.54, 1.807) is 13.0 Å². The summed E-state index contributed by atoms with van der Waals surface area (Å²) in [6.45, 7) is 1.32. The Morgan fingerprint density at radius 2 is 1.93 bits per heavy atom. The monoisotopic (exact) mass is 281 g/mol. The van der Waals surface area contributed by atoms with Crippen LogP contribution in [-0.4, -0.2) is 12.7 Å². The van der Waals surface area contributed by atoms with E-state index in [1.807, 2.05) is 0 Å². The second kappa shape index (κ2) is 4.53. The Morgan fingerprint density at radius 1 is 1.33 bits per heavy atom. The Morgan fingerprint density at radius 3 is 2.33 bits per heavy atom. The lowest BCUT2D eigenvalue weighted by Gasteiger charge is -2.19. The van der Waals surface area contributed by atoms with E-state index in [1.165, 1.54) is 12.1 Å². The molecule has 0 fully saturated rings. The molecule has 5 heteroatoms. The quantitative estimate of drug-likeness (QED) is 0.884. The maximum Gasteiger partial charge on any atom is 0.396 e. The minimum atomic E-state index is -4.29. The van der Waals surface area contributed by atoms with Crippen molar-refractivity contribution in [2.75, 3.05) is 6.54 Å². The summed E-state index contributed by atoms with van der Waals surface area (Å²) in [6.07, 6.45) is -4.29. The molecule has 0 aliphatic heterocycles. The standard InChI is InChI=1S/C10H11BrF3N/c1-6-2-7(4-8(11)3-6)9(5-15)10(12,13)14/h2-4,9H,5,15H2,1H3. The maximum atomic E-state index is 12.6.